The number of halogens is 1. The summed E-state index contributed by atoms with van der Waals surface area (Å²) in [7, 11) is -8.45. The Morgan fingerprint density at radius 2 is 0.638 bits per heavy atom. The third-order valence-electron chi connectivity index (χ3n) is 19.4. The van der Waals surface area contributed by atoms with Crippen molar-refractivity contribution in [3.05, 3.63) is 12.2 Å². The smallest absolute Gasteiger partial charge is 0.410 e. The number of likely N-dealkylation sites (N-methyl/N-ethyl adjacent to an activating group) is 2. The van der Waals surface area contributed by atoms with Crippen LogP contribution in [-0.4, -0.2) is 428 Å². The number of nitrogens with zero attached hydrogens (tertiary/aromatic N) is 9. The fourth-order valence-corrected chi connectivity index (χ4v) is 18.8. The van der Waals surface area contributed by atoms with E-state index in [0.29, 0.717) is 83.3 Å². The molecule has 2 N–H and O–H groups in total. The molecule has 46 heteroatoms. The fraction of sp³-hybridized carbons (Fsp3) is 0.932. The van der Waals surface area contributed by atoms with Gasteiger partial charge in [0.25, 0.3) is 0 Å². The number of carbonyl (C=O) groups is 2. The lowest BCUT2D eigenvalue weighted by Gasteiger charge is -2.26. The van der Waals surface area contributed by atoms with Crippen LogP contribution in [0.4, 0.5) is 9.59 Å². The molecule has 11 fully saturated rings. The molecule has 11 saturated heterocycles. The van der Waals surface area contributed by atoms with Crippen molar-refractivity contribution in [3.63, 3.8) is 0 Å². The molecular weight excluding hydrogens is 1650 g/mol. The van der Waals surface area contributed by atoms with Gasteiger partial charge in [-0.05, 0) is 23.3 Å². The number of alkyl halides is 1. The Labute approximate surface area is 640 Å². The molecule has 11 aliphatic rings. The normalized spacial score (nSPS) is 33.7. The Kier molecular flexibility index (Phi) is 36.4. The SMILES string of the molecule is C.C.C.C=C1CN(S(C)(=O)=O)C[C@@H]1OC.CC[C@@]1(O)CN(S(C)(=O)=O)C[C@@H]1OC.CC[C@]1(O)CN(S(C)(=O)=O)C[C@@H]1OC.CO[C@H]1CN(S(C)(=O)=O)C[C@@]12CN(C)C(=O)O2.CO[C@H]1CN(S(C)(=O)=O)C[C@@]12CO2.CO[C@H]1CN(S(C)(=O)=O)C[C@]12CN(C)C(=O)O2.CO[C@H]1CN(S(C)(=O)=O)C[C@]12CO2.[2H]CI. The van der Waals surface area contributed by atoms with Crippen molar-refractivity contribution in [3.8, 4) is 0 Å². The molecule has 11 heterocycles. The highest BCUT2D eigenvalue weighted by atomic mass is 127. The molecule has 0 bridgehead atoms. The van der Waals surface area contributed by atoms with Crippen LogP contribution in [0.3, 0.4) is 0 Å². The summed E-state index contributed by atoms with van der Waals surface area (Å²) in [4.78, 5) is 26.2. The van der Waals surface area contributed by atoms with Crippen LogP contribution < -0.4 is 0 Å². The number of methoxy groups -OCH3 is 7. The molecule has 0 unspecified atom stereocenters. The van der Waals surface area contributed by atoms with Crippen molar-refractivity contribution >= 4 is 105 Å². The Balaban J connectivity index is 0.000000613. The number of ether oxygens (including phenoxy) is 11. The van der Waals surface area contributed by atoms with Crippen molar-refractivity contribution in [2.45, 2.75) is 125 Å². The minimum absolute atomic E-state index is 0. The number of hydrogen-bond donors (Lipinski definition) is 2. The van der Waals surface area contributed by atoms with Gasteiger partial charge in [0.1, 0.15) is 59.0 Å². The molecule has 0 aliphatic carbocycles. The van der Waals surface area contributed by atoms with Gasteiger partial charge in [0.05, 0.1) is 89.3 Å². The maximum absolute atomic E-state index is 11.5. The summed E-state index contributed by atoms with van der Waals surface area (Å²) in [5, 5.41) is 20.1. The summed E-state index contributed by atoms with van der Waals surface area (Å²) in [6.07, 6.45) is 6.19. The largest absolute Gasteiger partial charge is 0.437 e. The molecule has 38 nitrogen and oxygen atoms in total. The summed E-state index contributed by atoms with van der Waals surface area (Å²) >= 11 is 1.96. The first-order valence-electron chi connectivity index (χ1n) is 32.3. The number of aliphatic hydroxyl groups is 2. The van der Waals surface area contributed by atoms with Gasteiger partial charge >= 0.3 is 12.2 Å². The highest BCUT2D eigenvalue weighted by Crippen LogP contribution is 2.42. The van der Waals surface area contributed by atoms with E-state index in [-0.39, 0.29) is 104 Å². The van der Waals surface area contributed by atoms with Crippen molar-refractivity contribution in [2.24, 2.45) is 0 Å². The topological polar surface area (TPSA) is 451 Å². The number of β-amino-alcohol motifs (C(OH)–C–C–N with tert-alkyl or cyclic N) is 2. The van der Waals surface area contributed by atoms with Gasteiger partial charge in [-0.2, -0.15) is 30.1 Å². The van der Waals surface area contributed by atoms with E-state index in [1.54, 1.807) is 35.4 Å². The lowest BCUT2D eigenvalue weighted by molar-refractivity contribution is -0.0622. The van der Waals surface area contributed by atoms with Gasteiger partial charge in [-0.25, -0.2) is 68.5 Å². The van der Waals surface area contributed by atoms with Crippen LogP contribution in [0.2, 0.25) is 0 Å². The van der Waals surface area contributed by atoms with Gasteiger partial charge in [0.2, 0.25) is 70.2 Å². The van der Waals surface area contributed by atoms with Gasteiger partial charge in [0, 0.05) is 144 Å². The number of amides is 2. The molecule has 13 atom stereocenters. The van der Waals surface area contributed by atoms with E-state index in [1.165, 1.54) is 87.1 Å². The van der Waals surface area contributed by atoms with Gasteiger partial charge in [0.15, 0.2) is 11.2 Å². The minimum atomic E-state index is -3.30. The molecule has 0 radical (unpaired) electrons. The zero-order chi connectivity index (χ0) is 79.1. The zero-order valence-corrected chi connectivity index (χ0v) is 69.1. The van der Waals surface area contributed by atoms with Crippen LogP contribution in [0.1, 0.15) is 50.3 Å². The van der Waals surface area contributed by atoms with E-state index in [4.69, 9.17) is 53.5 Å². The lowest BCUT2D eigenvalue weighted by Crippen LogP contribution is -2.46. The third-order valence-corrected chi connectivity index (χ3v) is 27.9. The second kappa shape index (κ2) is 38.6. The Morgan fingerprint density at radius 1 is 0.419 bits per heavy atom. The van der Waals surface area contributed by atoms with E-state index in [1.807, 2.05) is 36.4 Å². The molecule has 105 heavy (non-hydrogen) atoms. The lowest BCUT2D eigenvalue weighted by atomic mass is 9.97. The molecular formula is C59H120IN9O29S7. The third kappa shape index (κ3) is 25.5. The van der Waals surface area contributed by atoms with E-state index < -0.39 is 129 Å². The van der Waals surface area contributed by atoms with Gasteiger partial charge in [-0.15, -0.1) is 0 Å². The number of carbonyl (C=O) groups excluding carboxylic acids is 2. The average molecular weight is 1770 g/mol. The molecule has 0 aromatic rings. The van der Waals surface area contributed by atoms with Crippen LogP contribution in [0, 0.1) is 0 Å². The van der Waals surface area contributed by atoms with Crippen LogP contribution >= 0.6 is 22.6 Å². The van der Waals surface area contributed by atoms with Gasteiger partial charge in [-0.3, -0.25) is 0 Å². The first kappa shape index (κ1) is 99.0. The quantitative estimate of drug-likeness (QED) is 0.0724. The van der Waals surface area contributed by atoms with Gasteiger partial charge in [-0.1, -0.05) is 65.3 Å². The summed E-state index contributed by atoms with van der Waals surface area (Å²) in [6.45, 7) is 13.2. The molecule has 624 valence electrons. The van der Waals surface area contributed by atoms with Crippen LogP contribution in [-0.2, 0) is 122 Å². The maximum atomic E-state index is 11.5. The first-order valence-corrected chi connectivity index (χ1v) is 46.0. The number of epoxide rings is 2. The summed E-state index contributed by atoms with van der Waals surface area (Å²) in [5.74, 6) is 0. The predicted molar refractivity (Wildman–Crippen MR) is 401 cm³/mol. The minimum Gasteiger partial charge on any atom is -0.437 e. The molecule has 0 aromatic carbocycles. The Hall–Kier alpha value is -2.06. The van der Waals surface area contributed by atoms with E-state index in [2.05, 4.69) is 6.58 Å². The van der Waals surface area contributed by atoms with Crippen molar-refractivity contribution in [1.82, 2.24) is 39.9 Å². The number of rotatable bonds is 16. The van der Waals surface area contributed by atoms with E-state index >= 15 is 0 Å². The second-order valence-electron chi connectivity index (χ2n) is 26.8. The van der Waals surface area contributed by atoms with Crippen LogP contribution in [0.15, 0.2) is 12.2 Å². The maximum Gasteiger partial charge on any atom is 0.410 e. The van der Waals surface area contributed by atoms with Crippen molar-refractivity contribution < 1.29 is 132 Å². The van der Waals surface area contributed by atoms with Crippen molar-refractivity contribution in [2.75, 3.05) is 230 Å². The average Bonchev–Trinajstić information content (AvgIpc) is 1.59. The fourth-order valence-electron chi connectivity index (χ4n) is 12.8. The van der Waals surface area contributed by atoms with Gasteiger partial charge < -0.3 is 72.1 Å². The molecule has 2 amide bonds. The highest BCUT2D eigenvalue weighted by molar-refractivity contribution is 14.1. The molecule has 4 spiro atoms. The Morgan fingerprint density at radius 3 is 0.790 bits per heavy atom. The van der Waals surface area contributed by atoms with E-state index in [9.17, 15) is 78.7 Å². The van der Waals surface area contributed by atoms with Crippen molar-refractivity contribution in [1.29, 1.82) is 0 Å². The summed E-state index contributed by atoms with van der Waals surface area (Å²) in [6, 6.07) is 0. The number of hydrogen-bond acceptors (Lipinski definition) is 29. The molecule has 11 aliphatic heterocycles. The zero-order valence-electron chi connectivity index (χ0n) is 62.3. The Bertz CT molecular complexity index is 3540. The first-order chi connectivity index (χ1) is 47.0. The summed E-state index contributed by atoms with van der Waals surface area (Å²) in [5.41, 5.74) is -3.68. The monoisotopic (exact) mass is 1770 g/mol. The predicted octanol–water partition coefficient (Wildman–Crippen LogP) is -2.09. The second-order valence-corrected chi connectivity index (χ2v) is 40.7. The summed E-state index contributed by atoms with van der Waals surface area (Å²) < 4.78 is 231. The van der Waals surface area contributed by atoms with Crippen LogP contribution in [0.25, 0.3) is 0 Å². The molecule has 11 rings (SSSR count). The number of sulfonamides is 7. The highest BCUT2D eigenvalue weighted by Gasteiger charge is 2.62. The van der Waals surface area contributed by atoms with Crippen LogP contribution in [0.5, 0.6) is 0 Å². The standard InChI is InChI=1S/2C9H16N2O5S.2C8H17NO4S.2C7H13NO4S.C7H13NO3S.CH3I.3CH4/c2*1-10-5-9(16-8(10)12)6-11(17(3,13)14)4-7(9)15-2;2*1-4-8(10)6-9(14(3,11)12)5-7(8)13-2;2*1-11-6-3-8(13(2,9)10)4-7(6)5-12-7;1-6-4-8(12(3,9)10)5-7(6)11-2;1-2;;;/h2*7H,4-6H2,1-3H3;2*7,10H,4-6H2,1-3H3;2*6H,3-5H2,1-2H3;7H,1,4-5H2,2-3H3;1H3;3*1H4/t7-,9+;7-,9-;7-,8+;7-,8-;6-,7+;6-,7-;7-;;;;/m0000000..../s1/i;;;;;;;1D;;;. The molecule has 0 saturated carbocycles. The molecule has 0 aromatic heterocycles. The van der Waals surface area contributed by atoms with E-state index in [0.717, 1.165) is 30.6 Å².